The van der Waals surface area contributed by atoms with Crippen molar-refractivity contribution in [3.63, 3.8) is 0 Å². The average Bonchev–Trinajstić information content (AvgIpc) is 2.70. The molecule has 25 heavy (non-hydrogen) atoms. The molecule has 3 aromatic rings. The smallest absolute Gasteiger partial charge is 0.0973 e. The standard InChI is InChI=1S/C23H26N2/c1-2-25(19-18-24)23(20-12-6-3-7-13-20,21-14-8-4-9-15-21)22-16-10-5-11-17-22/h3-17H,2,18-19,24H2,1H3. The minimum atomic E-state index is -0.349. The number of likely N-dealkylation sites (N-methyl/N-ethyl adjacent to an activating group) is 1. The molecule has 0 aromatic heterocycles. The molecule has 0 saturated heterocycles. The molecular formula is C23H26N2. The second-order valence-electron chi connectivity index (χ2n) is 6.18. The van der Waals surface area contributed by atoms with Crippen LogP contribution in [0.3, 0.4) is 0 Å². The first-order valence-corrected chi connectivity index (χ1v) is 8.95. The van der Waals surface area contributed by atoms with Crippen LogP contribution in [0.1, 0.15) is 23.6 Å². The van der Waals surface area contributed by atoms with Crippen molar-refractivity contribution in [3.05, 3.63) is 108 Å². The van der Waals surface area contributed by atoms with Gasteiger partial charge >= 0.3 is 0 Å². The van der Waals surface area contributed by atoms with Gasteiger partial charge in [-0.05, 0) is 23.2 Å². The number of nitrogens with two attached hydrogens (primary N) is 1. The zero-order valence-corrected chi connectivity index (χ0v) is 14.8. The Morgan fingerprint density at radius 1 is 0.680 bits per heavy atom. The molecule has 0 saturated carbocycles. The number of rotatable bonds is 7. The second-order valence-corrected chi connectivity index (χ2v) is 6.18. The first-order valence-electron chi connectivity index (χ1n) is 8.95. The van der Waals surface area contributed by atoms with Crippen LogP contribution in [0.4, 0.5) is 0 Å². The lowest BCUT2D eigenvalue weighted by molar-refractivity contribution is 0.171. The van der Waals surface area contributed by atoms with E-state index in [-0.39, 0.29) is 5.54 Å². The van der Waals surface area contributed by atoms with E-state index >= 15 is 0 Å². The van der Waals surface area contributed by atoms with Gasteiger partial charge in [-0.1, -0.05) is 97.9 Å². The van der Waals surface area contributed by atoms with Crippen LogP contribution < -0.4 is 5.73 Å². The molecule has 0 fully saturated rings. The molecule has 2 heteroatoms. The number of hydrogen-bond acceptors (Lipinski definition) is 2. The Bertz CT molecular complexity index is 657. The summed E-state index contributed by atoms with van der Waals surface area (Å²) >= 11 is 0. The summed E-state index contributed by atoms with van der Waals surface area (Å²) in [5.41, 5.74) is 9.44. The topological polar surface area (TPSA) is 29.3 Å². The zero-order valence-electron chi connectivity index (χ0n) is 14.8. The number of benzene rings is 3. The monoisotopic (exact) mass is 330 g/mol. The molecule has 0 unspecified atom stereocenters. The highest BCUT2D eigenvalue weighted by molar-refractivity contribution is 5.49. The molecule has 0 amide bonds. The molecule has 2 nitrogen and oxygen atoms in total. The fourth-order valence-corrected chi connectivity index (χ4v) is 3.80. The molecule has 0 spiro atoms. The lowest BCUT2D eigenvalue weighted by Gasteiger charge is -2.45. The molecule has 3 aromatic carbocycles. The maximum Gasteiger partial charge on any atom is 0.0973 e. The van der Waals surface area contributed by atoms with E-state index < -0.39 is 0 Å². The lowest BCUT2D eigenvalue weighted by Crippen LogP contribution is -2.49. The summed E-state index contributed by atoms with van der Waals surface area (Å²) in [6, 6.07) is 32.3. The van der Waals surface area contributed by atoms with Gasteiger partial charge in [-0.25, -0.2) is 0 Å². The van der Waals surface area contributed by atoms with Gasteiger partial charge in [-0.2, -0.15) is 0 Å². The molecule has 128 valence electrons. The predicted octanol–water partition coefficient (Wildman–Crippen LogP) is 4.26. The Morgan fingerprint density at radius 3 is 1.32 bits per heavy atom. The van der Waals surface area contributed by atoms with E-state index in [0.717, 1.165) is 13.1 Å². The molecule has 0 aliphatic carbocycles. The summed E-state index contributed by atoms with van der Waals surface area (Å²) in [6.07, 6.45) is 0. The largest absolute Gasteiger partial charge is 0.329 e. The number of hydrogen-bond donors (Lipinski definition) is 1. The predicted molar refractivity (Wildman–Crippen MR) is 106 cm³/mol. The second kappa shape index (κ2) is 8.11. The summed E-state index contributed by atoms with van der Waals surface area (Å²) < 4.78 is 0. The van der Waals surface area contributed by atoms with Crippen LogP contribution >= 0.6 is 0 Å². The first-order chi connectivity index (χ1) is 12.3. The van der Waals surface area contributed by atoms with Gasteiger partial charge in [-0.15, -0.1) is 0 Å². The Morgan fingerprint density at radius 2 is 1.04 bits per heavy atom. The van der Waals surface area contributed by atoms with Crippen molar-refractivity contribution in [3.8, 4) is 0 Å². The number of nitrogens with zero attached hydrogens (tertiary/aromatic N) is 1. The van der Waals surface area contributed by atoms with E-state index in [1.54, 1.807) is 0 Å². The van der Waals surface area contributed by atoms with Crippen molar-refractivity contribution < 1.29 is 0 Å². The van der Waals surface area contributed by atoms with Gasteiger partial charge in [0.15, 0.2) is 0 Å². The Kier molecular flexibility index (Phi) is 5.64. The highest BCUT2D eigenvalue weighted by atomic mass is 15.2. The van der Waals surface area contributed by atoms with E-state index in [1.807, 2.05) is 0 Å². The SMILES string of the molecule is CCN(CCN)C(c1ccccc1)(c1ccccc1)c1ccccc1. The third-order valence-corrected chi connectivity index (χ3v) is 4.83. The van der Waals surface area contributed by atoms with Gasteiger partial charge in [0.1, 0.15) is 0 Å². The van der Waals surface area contributed by atoms with Gasteiger partial charge in [0.2, 0.25) is 0 Å². The Balaban J connectivity index is 2.35. The van der Waals surface area contributed by atoms with Crippen LogP contribution in [0, 0.1) is 0 Å². The summed E-state index contributed by atoms with van der Waals surface area (Å²) in [6.45, 7) is 4.58. The van der Waals surface area contributed by atoms with Crippen LogP contribution in [-0.2, 0) is 5.54 Å². The highest BCUT2D eigenvalue weighted by Crippen LogP contribution is 2.41. The van der Waals surface area contributed by atoms with Crippen LogP contribution in [0.5, 0.6) is 0 Å². The van der Waals surface area contributed by atoms with Crippen LogP contribution in [0.2, 0.25) is 0 Å². The maximum absolute atomic E-state index is 5.99. The lowest BCUT2D eigenvalue weighted by atomic mass is 9.75. The van der Waals surface area contributed by atoms with Crippen molar-refractivity contribution in [2.24, 2.45) is 5.73 Å². The summed E-state index contributed by atoms with van der Waals surface area (Å²) in [4.78, 5) is 2.48. The normalized spacial score (nSPS) is 11.6. The van der Waals surface area contributed by atoms with Crippen molar-refractivity contribution in [1.82, 2.24) is 4.90 Å². The molecule has 3 rings (SSSR count). The van der Waals surface area contributed by atoms with Crippen molar-refractivity contribution in [1.29, 1.82) is 0 Å². The third-order valence-electron chi connectivity index (χ3n) is 4.83. The Labute approximate surface area is 150 Å². The van der Waals surface area contributed by atoms with Crippen LogP contribution in [-0.4, -0.2) is 24.5 Å². The van der Waals surface area contributed by atoms with Gasteiger partial charge in [0.25, 0.3) is 0 Å². The molecule has 0 aliphatic rings. The molecule has 0 aliphatic heterocycles. The molecule has 2 N–H and O–H groups in total. The quantitative estimate of drug-likeness (QED) is 0.656. The van der Waals surface area contributed by atoms with Crippen molar-refractivity contribution in [2.45, 2.75) is 12.5 Å². The first kappa shape index (κ1) is 17.4. The minimum Gasteiger partial charge on any atom is -0.329 e. The molecule has 0 heterocycles. The molecule has 0 atom stereocenters. The van der Waals surface area contributed by atoms with Crippen molar-refractivity contribution >= 4 is 0 Å². The van der Waals surface area contributed by atoms with Crippen LogP contribution in [0.25, 0.3) is 0 Å². The molecule has 0 radical (unpaired) electrons. The summed E-state index contributed by atoms with van der Waals surface area (Å²) in [7, 11) is 0. The van der Waals surface area contributed by atoms with E-state index in [1.165, 1.54) is 16.7 Å². The molecular weight excluding hydrogens is 304 g/mol. The van der Waals surface area contributed by atoms with Gasteiger partial charge < -0.3 is 5.73 Å². The van der Waals surface area contributed by atoms with Gasteiger partial charge in [0, 0.05) is 13.1 Å². The minimum absolute atomic E-state index is 0.349. The van der Waals surface area contributed by atoms with E-state index in [0.29, 0.717) is 6.54 Å². The highest BCUT2D eigenvalue weighted by Gasteiger charge is 2.40. The maximum atomic E-state index is 5.99. The summed E-state index contributed by atoms with van der Waals surface area (Å²) in [5, 5.41) is 0. The van der Waals surface area contributed by atoms with Crippen molar-refractivity contribution in [2.75, 3.05) is 19.6 Å². The fourth-order valence-electron chi connectivity index (χ4n) is 3.80. The summed E-state index contributed by atoms with van der Waals surface area (Å²) in [5.74, 6) is 0. The Hall–Kier alpha value is -2.42. The molecule has 0 bridgehead atoms. The average molecular weight is 330 g/mol. The van der Waals surface area contributed by atoms with E-state index in [4.69, 9.17) is 5.73 Å². The van der Waals surface area contributed by atoms with E-state index in [2.05, 4.69) is 103 Å². The van der Waals surface area contributed by atoms with Gasteiger partial charge in [0.05, 0.1) is 5.54 Å². The fraction of sp³-hybridized carbons (Fsp3) is 0.217. The van der Waals surface area contributed by atoms with Gasteiger partial charge in [-0.3, -0.25) is 4.90 Å². The zero-order chi connectivity index (χ0) is 17.5. The third kappa shape index (κ3) is 3.23. The van der Waals surface area contributed by atoms with Crippen LogP contribution in [0.15, 0.2) is 91.0 Å². The van der Waals surface area contributed by atoms with E-state index in [9.17, 15) is 0 Å².